The first-order valence-corrected chi connectivity index (χ1v) is 9.41. The molecule has 0 spiro atoms. The molecule has 8 heteroatoms. The number of carbonyl (C=O) groups excluding carboxylic acids is 2. The number of rotatable bonds is 7. The highest BCUT2D eigenvalue weighted by molar-refractivity contribution is 7.20. The summed E-state index contributed by atoms with van der Waals surface area (Å²) in [5.74, 6) is -0.545. The van der Waals surface area contributed by atoms with Crippen molar-refractivity contribution in [1.29, 1.82) is 0 Å². The third-order valence-corrected chi connectivity index (χ3v) is 5.61. The second kappa shape index (κ2) is 7.26. The number of aromatic nitrogens is 2. The van der Waals surface area contributed by atoms with E-state index in [-0.39, 0.29) is 0 Å². The number of anilines is 1. The van der Waals surface area contributed by atoms with E-state index < -0.39 is 11.9 Å². The van der Waals surface area contributed by atoms with Crippen LogP contribution in [0, 0.1) is 0 Å². The molecular formula is C17H23N5O2S. The van der Waals surface area contributed by atoms with Crippen LogP contribution in [0.4, 0.5) is 9.80 Å². The number of nitrogens with two attached hydrogens (primary N) is 2. The third kappa shape index (κ3) is 3.53. The van der Waals surface area contributed by atoms with Gasteiger partial charge in [-0.25, -0.2) is 4.79 Å². The number of primary amides is 2. The molecule has 0 saturated carbocycles. The highest BCUT2D eigenvalue weighted by Crippen LogP contribution is 2.44. The third-order valence-electron chi connectivity index (χ3n) is 4.43. The lowest BCUT2D eigenvalue weighted by molar-refractivity contribution is 0.100. The monoisotopic (exact) mass is 361 g/mol. The van der Waals surface area contributed by atoms with Crippen LogP contribution in [0.3, 0.4) is 0 Å². The Morgan fingerprint density at radius 1 is 1.28 bits per heavy atom. The Kier molecular flexibility index (Phi) is 5.08. The molecule has 3 rings (SSSR count). The van der Waals surface area contributed by atoms with Gasteiger partial charge in [0.15, 0.2) is 0 Å². The van der Waals surface area contributed by atoms with Gasteiger partial charge in [0.2, 0.25) is 0 Å². The minimum atomic E-state index is -0.701. The smallest absolute Gasteiger partial charge is 0.317 e. The van der Waals surface area contributed by atoms with Crippen molar-refractivity contribution in [2.24, 2.45) is 11.5 Å². The summed E-state index contributed by atoms with van der Waals surface area (Å²) in [6, 6.07) is -0.701. The first kappa shape index (κ1) is 17.5. The number of hydrogen-bond acceptors (Lipinski definition) is 4. The van der Waals surface area contributed by atoms with Gasteiger partial charge in [-0.2, -0.15) is 5.10 Å². The van der Waals surface area contributed by atoms with Crippen LogP contribution in [0.5, 0.6) is 0 Å². The molecule has 3 amide bonds. The lowest BCUT2D eigenvalue weighted by atomic mass is 9.94. The predicted molar refractivity (Wildman–Crippen MR) is 98.8 cm³/mol. The molecule has 0 unspecified atom stereocenters. The van der Waals surface area contributed by atoms with Gasteiger partial charge in [0.05, 0.1) is 11.3 Å². The van der Waals surface area contributed by atoms with Crippen LogP contribution < -0.4 is 16.8 Å². The van der Waals surface area contributed by atoms with Crippen molar-refractivity contribution >= 4 is 28.3 Å². The van der Waals surface area contributed by atoms with Gasteiger partial charge in [0.1, 0.15) is 5.00 Å². The summed E-state index contributed by atoms with van der Waals surface area (Å²) in [7, 11) is 0. The molecule has 0 bridgehead atoms. The van der Waals surface area contributed by atoms with Crippen LogP contribution in [-0.2, 0) is 19.4 Å². The van der Waals surface area contributed by atoms with Gasteiger partial charge >= 0.3 is 6.03 Å². The topological polar surface area (TPSA) is 116 Å². The minimum Gasteiger partial charge on any atom is -0.365 e. The van der Waals surface area contributed by atoms with E-state index >= 15 is 0 Å². The molecule has 0 atom stereocenters. The molecular weight excluding hydrogens is 338 g/mol. The van der Waals surface area contributed by atoms with E-state index in [9.17, 15) is 9.59 Å². The fourth-order valence-electron chi connectivity index (χ4n) is 3.28. The number of nitrogens with zero attached hydrogens (tertiary/aromatic N) is 2. The first-order valence-electron chi connectivity index (χ1n) is 8.59. The maximum absolute atomic E-state index is 11.9. The molecule has 2 aromatic heterocycles. The standard InChI is InChI=1S/C17H23N5O2S/c1-2-3-4-5-8-22-9-11-12(21-22)7-6-10-13(15(18)23)16(20-17(19)24)25-14(10)11/h9H,2-8H2,1H3,(H2,18,23)(H3,19,20,24). The van der Waals surface area contributed by atoms with Gasteiger partial charge in [0, 0.05) is 23.2 Å². The maximum Gasteiger partial charge on any atom is 0.317 e. The quantitative estimate of drug-likeness (QED) is 0.658. The number of fused-ring (bicyclic) bond motifs is 3. The lowest BCUT2D eigenvalue weighted by Gasteiger charge is -2.11. The number of aryl methyl sites for hydroxylation is 2. The summed E-state index contributed by atoms with van der Waals surface area (Å²) < 4.78 is 1.99. The van der Waals surface area contributed by atoms with Crippen molar-refractivity contribution in [3.63, 3.8) is 0 Å². The number of nitrogens with one attached hydrogen (secondary N) is 1. The van der Waals surface area contributed by atoms with Gasteiger partial charge in [0.25, 0.3) is 5.91 Å². The van der Waals surface area contributed by atoms with Gasteiger partial charge in [-0.3, -0.25) is 14.8 Å². The Labute approximate surface area is 150 Å². The summed E-state index contributed by atoms with van der Waals surface area (Å²) in [5, 5.41) is 7.64. The van der Waals surface area contributed by atoms with E-state index in [1.807, 2.05) is 10.9 Å². The Hall–Kier alpha value is -2.35. The van der Waals surface area contributed by atoms with Gasteiger partial charge in [-0.05, 0) is 24.8 Å². The highest BCUT2D eigenvalue weighted by atomic mass is 32.1. The Balaban J connectivity index is 1.91. The van der Waals surface area contributed by atoms with E-state index in [4.69, 9.17) is 11.5 Å². The van der Waals surface area contributed by atoms with Crippen LogP contribution in [0.2, 0.25) is 0 Å². The molecule has 25 heavy (non-hydrogen) atoms. The molecule has 0 aliphatic heterocycles. The molecule has 0 aromatic carbocycles. The zero-order valence-electron chi connectivity index (χ0n) is 14.3. The molecule has 0 radical (unpaired) electrons. The number of urea groups is 1. The van der Waals surface area contributed by atoms with Crippen molar-refractivity contribution in [3.05, 3.63) is 23.0 Å². The van der Waals surface area contributed by atoms with E-state index in [0.29, 0.717) is 17.0 Å². The molecule has 2 aromatic rings. The van der Waals surface area contributed by atoms with Crippen molar-refractivity contribution in [2.75, 3.05) is 5.32 Å². The fourth-order valence-corrected chi connectivity index (χ4v) is 4.57. The number of thiophene rings is 1. The van der Waals surface area contributed by atoms with Crippen molar-refractivity contribution < 1.29 is 9.59 Å². The highest BCUT2D eigenvalue weighted by Gasteiger charge is 2.29. The van der Waals surface area contributed by atoms with Gasteiger partial charge in [-0.15, -0.1) is 11.3 Å². The number of carbonyl (C=O) groups is 2. The minimum absolute atomic E-state index is 0.375. The van der Waals surface area contributed by atoms with Gasteiger partial charge < -0.3 is 11.5 Å². The number of amides is 3. The zero-order chi connectivity index (χ0) is 18.0. The lowest BCUT2D eigenvalue weighted by Crippen LogP contribution is -2.22. The summed E-state index contributed by atoms with van der Waals surface area (Å²) in [6.45, 7) is 3.09. The van der Waals surface area contributed by atoms with Crippen molar-refractivity contribution in [2.45, 2.75) is 52.0 Å². The van der Waals surface area contributed by atoms with E-state index in [1.165, 1.54) is 30.6 Å². The fraction of sp³-hybridized carbons (Fsp3) is 0.471. The molecule has 134 valence electrons. The molecule has 0 fully saturated rings. The number of unbranched alkanes of at least 4 members (excludes halogenated alkanes) is 3. The van der Waals surface area contributed by atoms with E-state index in [2.05, 4.69) is 17.3 Å². The van der Waals surface area contributed by atoms with Crippen LogP contribution in [-0.4, -0.2) is 21.7 Å². The molecule has 7 nitrogen and oxygen atoms in total. The van der Waals surface area contributed by atoms with Crippen molar-refractivity contribution in [3.8, 4) is 10.4 Å². The molecule has 5 N–H and O–H groups in total. The molecule has 2 heterocycles. The maximum atomic E-state index is 11.9. The average molecular weight is 361 g/mol. The predicted octanol–water partition coefficient (Wildman–Crippen LogP) is 2.88. The van der Waals surface area contributed by atoms with E-state index in [1.54, 1.807) is 0 Å². The SMILES string of the molecule is CCCCCCn1cc2c(n1)CCc1c-2sc(NC(N)=O)c1C(N)=O. The normalized spacial score (nSPS) is 12.5. The van der Waals surface area contributed by atoms with Crippen LogP contribution in [0.1, 0.15) is 54.2 Å². The number of hydrogen-bond donors (Lipinski definition) is 3. The van der Waals surface area contributed by atoms with Crippen molar-refractivity contribution in [1.82, 2.24) is 9.78 Å². The summed E-state index contributed by atoms with van der Waals surface area (Å²) in [4.78, 5) is 24.1. The summed E-state index contributed by atoms with van der Waals surface area (Å²) in [5.41, 5.74) is 14.1. The molecule has 1 aliphatic rings. The zero-order valence-corrected chi connectivity index (χ0v) is 15.1. The summed E-state index contributed by atoms with van der Waals surface area (Å²) >= 11 is 1.34. The Morgan fingerprint density at radius 2 is 2.08 bits per heavy atom. The second-order valence-corrected chi connectivity index (χ2v) is 7.30. The average Bonchev–Trinajstić information content (AvgIpc) is 3.11. The Bertz CT molecular complexity index is 808. The van der Waals surface area contributed by atoms with Crippen LogP contribution in [0.25, 0.3) is 10.4 Å². The molecule has 1 aliphatic carbocycles. The second-order valence-electron chi connectivity index (χ2n) is 6.28. The summed E-state index contributed by atoms with van der Waals surface area (Å²) in [6.07, 6.45) is 8.23. The first-order chi connectivity index (χ1) is 12.0. The van der Waals surface area contributed by atoms with Gasteiger partial charge in [-0.1, -0.05) is 26.2 Å². The Morgan fingerprint density at radius 3 is 2.76 bits per heavy atom. The van der Waals surface area contributed by atoms with Crippen LogP contribution >= 0.6 is 11.3 Å². The molecule has 0 saturated heterocycles. The largest absolute Gasteiger partial charge is 0.365 e. The van der Waals surface area contributed by atoms with E-state index in [0.717, 1.165) is 41.1 Å². The van der Waals surface area contributed by atoms with Crippen LogP contribution in [0.15, 0.2) is 6.20 Å².